The Labute approximate surface area is 222 Å². The number of hydrogen-bond donors (Lipinski definition) is 2. The highest BCUT2D eigenvalue weighted by Crippen LogP contribution is 2.23. The van der Waals surface area contributed by atoms with Gasteiger partial charge in [0.2, 0.25) is 5.91 Å². The first-order valence-corrected chi connectivity index (χ1v) is 14.3. The van der Waals surface area contributed by atoms with Gasteiger partial charge in [-0.05, 0) is 18.9 Å². The van der Waals surface area contributed by atoms with E-state index in [1.54, 1.807) is 6.92 Å². The molecule has 2 N–H and O–H groups in total. The fourth-order valence-electron chi connectivity index (χ4n) is 4.42. The number of nitro groups is 1. The molecule has 37 heavy (non-hydrogen) atoms. The molecule has 0 aliphatic heterocycles. The molecule has 1 aromatic rings. The van der Waals surface area contributed by atoms with Crippen LogP contribution in [-0.2, 0) is 14.3 Å². The fourth-order valence-corrected chi connectivity index (χ4v) is 4.42. The van der Waals surface area contributed by atoms with Gasteiger partial charge in [-0.25, -0.2) is 4.79 Å². The molecule has 1 rings (SSSR count). The van der Waals surface area contributed by atoms with Crippen molar-refractivity contribution in [3.63, 3.8) is 0 Å². The number of rotatable bonds is 22. The summed E-state index contributed by atoms with van der Waals surface area (Å²) in [5.41, 5.74) is -0.0391. The molecule has 0 aromatic heterocycles. The van der Waals surface area contributed by atoms with Gasteiger partial charge < -0.3 is 15.2 Å². The molecule has 0 bridgehead atoms. The normalized spacial score (nSPS) is 12.6. The van der Waals surface area contributed by atoms with Gasteiger partial charge in [-0.15, -0.1) is 0 Å². The topological polar surface area (TPSA) is 119 Å². The first-order valence-electron chi connectivity index (χ1n) is 14.3. The minimum atomic E-state index is -1.45. The van der Waals surface area contributed by atoms with E-state index in [2.05, 4.69) is 12.2 Å². The number of benzene rings is 1. The second-order valence-electron chi connectivity index (χ2n) is 9.79. The highest BCUT2D eigenvalue weighted by Gasteiger charge is 2.31. The predicted molar refractivity (Wildman–Crippen MR) is 146 cm³/mol. The number of esters is 1. The number of nitrogens with zero attached hydrogens (tertiary/aromatic N) is 1. The van der Waals surface area contributed by atoms with E-state index < -0.39 is 23.0 Å². The molecule has 0 spiro atoms. The molecular formula is C29H48N2O6. The van der Waals surface area contributed by atoms with Gasteiger partial charge in [0, 0.05) is 18.6 Å². The monoisotopic (exact) mass is 520 g/mol. The summed E-state index contributed by atoms with van der Waals surface area (Å²) in [5.74, 6) is -1.12. The standard InChI is InChI=1S/C29H48N2O6/c1-3-5-6-7-8-9-10-11-12-13-14-15-16-17-18-22-26(32)30-27(29(34)37-4-2)28(33)24-20-19-21-25(23-24)31(35)36/h19-21,23,27-28,33H,3-18,22H2,1-2H3,(H,30,32). The summed E-state index contributed by atoms with van der Waals surface area (Å²) in [4.78, 5) is 35.3. The fraction of sp³-hybridized carbons (Fsp3) is 0.724. The van der Waals surface area contributed by atoms with Gasteiger partial charge in [0.1, 0.15) is 6.10 Å². The minimum Gasteiger partial charge on any atom is -0.464 e. The lowest BCUT2D eigenvalue weighted by Crippen LogP contribution is -2.46. The predicted octanol–water partition coefficient (Wildman–Crippen LogP) is 6.94. The van der Waals surface area contributed by atoms with Crippen molar-refractivity contribution >= 4 is 17.6 Å². The van der Waals surface area contributed by atoms with Gasteiger partial charge in [0.05, 0.1) is 11.5 Å². The molecule has 0 fully saturated rings. The Balaban J connectivity index is 2.26. The summed E-state index contributed by atoms with van der Waals surface area (Å²) in [6, 6.07) is 4.06. The van der Waals surface area contributed by atoms with Crippen LogP contribution in [0.4, 0.5) is 5.69 Å². The third-order valence-corrected chi connectivity index (χ3v) is 6.60. The van der Waals surface area contributed by atoms with Crippen molar-refractivity contribution in [1.29, 1.82) is 0 Å². The number of nitro benzene ring substituents is 1. The summed E-state index contributed by atoms with van der Waals surface area (Å²) >= 11 is 0. The summed E-state index contributed by atoms with van der Waals surface area (Å²) in [6.07, 6.45) is 17.3. The highest BCUT2D eigenvalue weighted by molar-refractivity contribution is 5.85. The van der Waals surface area contributed by atoms with Gasteiger partial charge in [-0.1, -0.05) is 109 Å². The van der Waals surface area contributed by atoms with E-state index >= 15 is 0 Å². The maximum absolute atomic E-state index is 12.5. The zero-order valence-corrected chi connectivity index (χ0v) is 22.9. The maximum Gasteiger partial charge on any atom is 0.331 e. The number of carbonyl (C=O) groups excluding carboxylic acids is 2. The number of nitrogens with one attached hydrogen (secondary N) is 1. The van der Waals surface area contributed by atoms with E-state index in [4.69, 9.17) is 4.74 Å². The van der Waals surface area contributed by atoms with Crippen molar-refractivity contribution in [2.45, 2.75) is 129 Å². The Morgan fingerprint density at radius 3 is 1.89 bits per heavy atom. The van der Waals surface area contributed by atoms with E-state index in [9.17, 15) is 24.8 Å². The van der Waals surface area contributed by atoms with E-state index in [0.29, 0.717) is 6.42 Å². The number of unbranched alkanes of at least 4 members (excludes halogenated alkanes) is 14. The van der Waals surface area contributed by atoms with Gasteiger partial charge in [0.25, 0.3) is 5.69 Å². The zero-order chi connectivity index (χ0) is 27.3. The first kappa shape index (κ1) is 32.5. The van der Waals surface area contributed by atoms with Crippen LogP contribution in [0.15, 0.2) is 24.3 Å². The molecule has 0 saturated heterocycles. The van der Waals surface area contributed by atoms with Crippen molar-refractivity contribution in [2.75, 3.05) is 6.61 Å². The van der Waals surface area contributed by atoms with E-state index in [-0.39, 0.29) is 30.2 Å². The Bertz CT molecular complexity index is 785. The number of ether oxygens (including phenoxy) is 1. The Kier molecular flexibility index (Phi) is 18.1. The molecule has 1 amide bonds. The second kappa shape index (κ2) is 20.6. The maximum atomic E-state index is 12.5. The number of amides is 1. The van der Waals surface area contributed by atoms with Gasteiger partial charge in [-0.3, -0.25) is 14.9 Å². The molecule has 1 aromatic carbocycles. The molecule has 8 nitrogen and oxygen atoms in total. The van der Waals surface area contributed by atoms with Crippen LogP contribution in [-0.4, -0.2) is 34.6 Å². The zero-order valence-electron chi connectivity index (χ0n) is 22.9. The smallest absolute Gasteiger partial charge is 0.331 e. The molecular weight excluding hydrogens is 472 g/mol. The van der Waals surface area contributed by atoms with E-state index in [1.807, 2.05) is 0 Å². The van der Waals surface area contributed by atoms with Gasteiger partial charge in [-0.2, -0.15) is 0 Å². The summed E-state index contributed by atoms with van der Waals surface area (Å²) < 4.78 is 5.01. The van der Waals surface area contributed by atoms with Crippen LogP contribution in [0.25, 0.3) is 0 Å². The van der Waals surface area contributed by atoms with E-state index in [1.165, 1.54) is 94.9 Å². The average molecular weight is 521 g/mol. The van der Waals surface area contributed by atoms with Crippen LogP contribution in [0.5, 0.6) is 0 Å². The summed E-state index contributed by atoms with van der Waals surface area (Å²) in [7, 11) is 0. The van der Waals surface area contributed by atoms with Gasteiger partial charge >= 0.3 is 5.97 Å². The van der Waals surface area contributed by atoms with Crippen molar-refractivity contribution in [3.8, 4) is 0 Å². The number of aliphatic hydroxyl groups excluding tert-OH is 1. The van der Waals surface area contributed by atoms with Crippen molar-refractivity contribution in [3.05, 3.63) is 39.9 Å². The Morgan fingerprint density at radius 2 is 1.41 bits per heavy atom. The number of carbonyl (C=O) groups is 2. The summed E-state index contributed by atoms with van der Waals surface area (Å²) in [6.45, 7) is 3.97. The molecule has 0 aliphatic carbocycles. The third-order valence-electron chi connectivity index (χ3n) is 6.60. The largest absolute Gasteiger partial charge is 0.464 e. The number of aliphatic hydroxyl groups is 1. The minimum absolute atomic E-state index is 0.0892. The lowest BCUT2D eigenvalue weighted by atomic mass is 10.0. The van der Waals surface area contributed by atoms with Crippen LogP contribution in [0.3, 0.4) is 0 Å². The Morgan fingerprint density at radius 1 is 0.892 bits per heavy atom. The van der Waals surface area contributed by atoms with Crippen molar-refractivity contribution in [2.24, 2.45) is 0 Å². The van der Waals surface area contributed by atoms with Crippen LogP contribution in [0.2, 0.25) is 0 Å². The first-order chi connectivity index (χ1) is 17.9. The molecule has 0 heterocycles. The van der Waals surface area contributed by atoms with E-state index in [0.717, 1.165) is 19.3 Å². The molecule has 210 valence electrons. The lowest BCUT2D eigenvalue weighted by Gasteiger charge is -2.22. The van der Waals surface area contributed by atoms with Crippen LogP contribution >= 0.6 is 0 Å². The van der Waals surface area contributed by atoms with Gasteiger partial charge in [0.15, 0.2) is 6.04 Å². The number of non-ortho nitro benzene ring substituents is 1. The van der Waals surface area contributed by atoms with Crippen molar-refractivity contribution < 1.29 is 24.4 Å². The quantitative estimate of drug-likeness (QED) is 0.0740. The summed E-state index contributed by atoms with van der Waals surface area (Å²) in [5, 5.41) is 24.3. The van der Waals surface area contributed by atoms with Crippen LogP contribution in [0.1, 0.15) is 128 Å². The molecule has 2 unspecified atom stereocenters. The van der Waals surface area contributed by atoms with Crippen molar-refractivity contribution in [1.82, 2.24) is 5.32 Å². The molecule has 0 saturated carbocycles. The number of hydrogen-bond acceptors (Lipinski definition) is 6. The highest BCUT2D eigenvalue weighted by atomic mass is 16.6. The average Bonchev–Trinajstić information content (AvgIpc) is 2.89. The molecule has 8 heteroatoms. The third kappa shape index (κ3) is 14.7. The lowest BCUT2D eigenvalue weighted by molar-refractivity contribution is -0.385. The molecule has 0 radical (unpaired) electrons. The Hall–Kier alpha value is -2.48. The molecule has 0 aliphatic rings. The second-order valence-corrected chi connectivity index (χ2v) is 9.79. The van der Waals surface area contributed by atoms with Crippen LogP contribution in [0, 0.1) is 10.1 Å². The van der Waals surface area contributed by atoms with Crippen LogP contribution < -0.4 is 5.32 Å². The molecule has 2 atom stereocenters. The SMILES string of the molecule is CCCCCCCCCCCCCCCCCC(=O)NC(C(=O)OCC)C(O)c1cccc([N+](=O)[O-])c1.